The van der Waals surface area contributed by atoms with Crippen LogP contribution in [0.3, 0.4) is 0 Å². The predicted molar refractivity (Wildman–Crippen MR) is 74.1 cm³/mol. The number of benzene rings is 1. The fourth-order valence-electron chi connectivity index (χ4n) is 1.46. The SMILES string of the molecule is O=S(CCCCCO)Cc1c(Cl)cccc1Cl. The van der Waals surface area contributed by atoms with Crippen LogP contribution < -0.4 is 0 Å². The molecule has 96 valence electrons. The van der Waals surface area contributed by atoms with E-state index in [1.54, 1.807) is 18.2 Å². The quantitative estimate of drug-likeness (QED) is 0.783. The highest BCUT2D eigenvalue weighted by molar-refractivity contribution is 7.84. The summed E-state index contributed by atoms with van der Waals surface area (Å²) < 4.78 is 11.8. The van der Waals surface area contributed by atoms with Crippen molar-refractivity contribution in [3.63, 3.8) is 0 Å². The Bertz CT molecular complexity index is 363. The van der Waals surface area contributed by atoms with Crippen LogP contribution >= 0.6 is 23.2 Å². The maximum Gasteiger partial charge on any atom is 0.0515 e. The molecule has 0 radical (unpaired) electrons. The highest BCUT2D eigenvalue weighted by atomic mass is 35.5. The van der Waals surface area contributed by atoms with Crippen molar-refractivity contribution >= 4 is 34.0 Å². The summed E-state index contributed by atoms with van der Waals surface area (Å²) in [5.41, 5.74) is 0.760. The van der Waals surface area contributed by atoms with Gasteiger partial charge in [0.25, 0.3) is 0 Å². The van der Waals surface area contributed by atoms with Crippen LogP contribution in [-0.4, -0.2) is 21.7 Å². The maximum absolute atomic E-state index is 11.8. The normalized spacial score (nSPS) is 12.6. The van der Waals surface area contributed by atoms with Gasteiger partial charge in [-0.15, -0.1) is 0 Å². The van der Waals surface area contributed by atoms with Gasteiger partial charge in [-0.2, -0.15) is 0 Å². The fraction of sp³-hybridized carbons (Fsp3) is 0.500. The van der Waals surface area contributed by atoms with Gasteiger partial charge in [-0.25, -0.2) is 0 Å². The third kappa shape index (κ3) is 5.38. The Morgan fingerprint density at radius 3 is 2.35 bits per heavy atom. The smallest absolute Gasteiger partial charge is 0.0515 e. The molecule has 1 atom stereocenters. The van der Waals surface area contributed by atoms with Crippen molar-refractivity contribution in [2.24, 2.45) is 0 Å². The van der Waals surface area contributed by atoms with Gasteiger partial charge in [-0.1, -0.05) is 35.7 Å². The Kier molecular flexibility index (Phi) is 7.12. The third-order valence-corrected chi connectivity index (χ3v) is 4.46. The second-order valence-corrected chi connectivity index (χ2v) is 6.16. The number of halogens is 2. The molecule has 0 bridgehead atoms. The van der Waals surface area contributed by atoms with Crippen LogP contribution in [0.25, 0.3) is 0 Å². The van der Waals surface area contributed by atoms with E-state index in [0.717, 1.165) is 24.8 Å². The number of rotatable bonds is 7. The summed E-state index contributed by atoms with van der Waals surface area (Å²) in [4.78, 5) is 0. The first-order valence-electron chi connectivity index (χ1n) is 5.54. The van der Waals surface area contributed by atoms with Crippen LogP contribution in [0.1, 0.15) is 24.8 Å². The first-order chi connectivity index (χ1) is 8.15. The second kappa shape index (κ2) is 8.09. The van der Waals surface area contributed by atoms with Crippen LogP contribution in [0.4, 0.5) is 0 Å². The van der Waals surface area contributed by atoms with Crippen molar-refractivity contribution in [1.82, 2.24) is 0 Å². The van der Waals surface area contributed by atoms with Crippen molar-refractivity contribution in [2.75, 3.05) is 12.4 Å². The number of hydrogen-bond donors (Lipinski definition) is 1. The van der Waals surface area contributed by atoms with E-state index in [1.807, 2.05) is 0 Å². The van der Waals surface area contributed by atoms with Gasteiger partial charge < -0.3 is 5.11 Å². The van der Waals surface area contributed by atoms with E-state index in [1.165, 1.54) is 0 Å². The van der Waals surface area contributed by atoms with Crippen molar-refractivity contribution in [3.8, 4) is 0 Å². The van der Waals surface area contributed by atoms with Gasteiger partial charge in [-0.3, -0.25) is 4.21 Å². The lowest BCUT2D eigenvalue weighted by Crippen LogP contribution is -2.02. The molecular formula is C12H16Cl2O2S. The lowest BCUT2D eigenvalue weighted by atomic mass is 10.2. The zero-order chi connectivity index (χ0) is 12.7. The number of unbranched alkanes of at least 4 members (excludes halogenated alkanes) is 2. The summed E-state index contributed by atoms with van der Waals surface area (Å²) in [5.74, 6) is 1.03. The average Bonchev–Trinajstić information content (AvgIpc) is 2.30. The van der Waals surface area contributed by atoms with Crippen LogP contribution in [0.5, 0.6) is 0 Å². The average molecular weight is 295 g/mol. The molecule has 0 heterocycles. The van der Waals surface area contributed by atoms with E-state index in [2.05, 4.69) is 0 Å². The van der Waals surface area contributed by atoms with Crippen molar-refractivity contribution in [1.29, 1.82) is 0 Å². The van der Waals surface area contributed by atoms with Gasteiger partial charge in [0.2, 0.25) is 0 Å². The predicted octanol–water partition coefficient (Wildman–Crippen LogP) is 3.40. The molecule has 5 heteroatoms. The van der Waals surface area contributed by atoms with Gasteiger partial charge in [0.15, 0.2) is 0 Å². The molecule has 1 aromatic rings. The molecule has 1 unspecified atom stereocenters. The summed E-state index contributed by atoms with van der Waals surface area (Å²) in [5, 5.41) is 9.77. The molecule has 1 rings (SSSR count). The molecule has 17 heavy (non-hydrogen) atoms. The van der Waals surface area contributed by atoms with Gasteiger partial charge in [0.1, 0.15) is 0 Å². The summed E-state index contributed by atoms with van der Waals surface area (Å²) in [7, 11) is -0.946. The zero-order valence-corrected chi connectivity index (χ0v) is 11.8. The Labute approximate surface area is 114 Å². The number of hydrogen-bond acceptors (Lipinski definition) is 2. The Morgan fingerprint density at radius 1 is 1.12 bits per heavy atom. The summed E-state index contributed by atoms with van der Waals surface area (Å²) >= 11 is 12.0. The van der Waals surface area contributed by atoms with E-state index in [0.29, 0.717) is 21.6 Å². The van der Waals surface area contributed by atoms with Crippen LogP contribution in [0.15, 0.2) is 18.2 Å². The Hall–Kier alpha value is -0.0900. The molecule has 0 spiro atoms. The highest BCUT2D eigenvalue weighted by Crippen LogP contribution is 2.25. The minimum absolute atomic E-state index is 0.197. The lowest BCUT2D eigenvalue weighted by molar-refractivity contribution is 0.284. The van der Waals surface area contributed by atoms with Crippen molar-refractivity contribution in [3.05, 3.63) is 33.8 Å². The van der Waals surface area contributed by atoms with Gasteiger partial charge in [0, 0.05) is 38.8 Å². The third-order valence-electron chi connectivity index (χ3n) is 2.40. The largest absolute Gasteiger partial charge is 0.396 e. The molecular weight excluding hydrogens is 279 g/mol. The molecule has 2 nitrogen and oxygen atoms in total. The number of aliphatic hydroxyl groups is 1. The van der Waals surface area contributed by atoms with E-state index >= 15 is 0 Å². The number of aliphatic hydroxyl groups excluding tert-OH is 1. The topological polar surface area (TPSA) is 37.3 Å². The molecule has 0 saturated heterocycles. The van der Waals surface area contributed by atoms with Crippen LogP contribution in [-0.2, 0) is 16.6 Å². The van der Waals surface area contributed by atoms with Crippen LogP contribution in [0.2, 0.25) is 10.0 Å². The zero-order valence-electron chi connectivity index (χ0n) is 9.49. The molecule has 0 aromatic heterocycles. The Balaban J connectivity index is 2.45. The molecule has 0 aliphatic carbocycles. The second-order valence-electron chi connectivity index (χ2n) is 3.77. The summed E-state index contributed by atoms with van der Waals surface area (Å²) in [6, 6.07) is 5.29. The maximum atomic E-state index is 11.8. The minimum atomic E-state index is -0.946. The van der Waals surface area contributed by atoms with Gasteiger partial charge >= 0.3 is 0 Å². The lowest BCUT2D eigenvalue weighted by Gasteiger charge is -2.06. The highest BCUT2D eigenvalue weighted by Gasteiger charge is 2.09. The standard InChI is InChI=1S/C12H16Cl2O2S/c13-11-5-4-6-12(14)10(11)9-17(16)8-3-1-2-7-15/h4-6,15H,1-3,7-9H2. The molecule has 0 aliphatic rings. The minimum Gasteiger partial charge on any atom is -0.396 e. The Morgan fingerprint density at radius 2 is 1.76 bits per heavy atom. The molecule has 0 fully saturated rings. The fourth-order valence-corrected chi connectivity index (χ4v) is 3.45. The molecule has 0 amide bonds. The van der Waals surface area contributed by atoms with Crippen molar-refractivity contribution in [2.45, 2.75) is 25.0 Å². The van der Waals surface area contributed by atoms with Crippen LogP contribution in [0, 0.1) is 0 Å². The first-order valence-corrected chi connectivity index (χ1v) is 7.78. The van der Waals surface area contributed by atoms with Gasteiger partial charge in [-0.05, 0) is 25.0 Å². The molecule has 1 aromatic carbocycles. The van der Waals surface area contributed by atoms with E-state index in [4.69, 9.17) is 28.3 Å². The monoisotopic (exact) mass is 294 g/mol. The molecule has 1 N–H and O–H groups in total. The molecule has 0 saturated carbocycles. The van der Waals surface area contributed by atoms with E-state index in [9.17, 15) is 4.21 Å². The van der Waals surface area contributed by atoms with E-state index in [-0.39, 0.29) is 6.61 Å². The van der Waals surface area contributed by atoms with Crippen molar-refractivity contribution < 1.29 is 9.32 Å². The summed E-state index contributed by atoms with van der Waals surface area (Å²) in [6.45, 7) is 0.197. The van der Waals surface area contributed by atoms with Gasteiger partial charge in [0.05, 0.1) is 5.75 Å². The van der Waals surface area contributed by atoms with E-state index < -0.39 is 10.8 Å². The molecule has 0 aliphatic heterocycles. The summed E-state index contributed by atoms with van der Waals surface area (Å²) in [6.07, 6.45) is 2.53. The first kappa shape index (κ1) is 15.0.